The SMILES string of the molecule is CC(C)(C)C(=O)NC1CCN(c2cccnc2C#N)CC1. The third-order valence-electron chi connectivity index (χ3n) is 3.74. The molecule has 1 fully saturated rings. The summed E-state index contributed by atoms with van der Waals surface area (Å²) in [5, 5.41) is 12.2. The van der Waals surface area contributed by atoms with Gasteiger partial charge < -0.3 is 10.2 Å². The molecule has 1 aliphatic heterocycles. The van der Waals surface area contributed by atoms with Crippen molar-refractivity contribution in [2.45, 2.75) is 39.7 Å². The lowest BCUT2D eigenvalue weighted by Gasteiger charge is -2.35. The van der Waals surface area contributed by atoms with Gasteiger partial charge in [-0.3, -0.25) is 4.79 Å². The predicted octanol–water partition coefficient (Wildman–Crippen LogP) is 2.08. The van der Waals surface area contributed by atoms with Crippen LogP contribution in [0.2, 0.25) is 0 Å². The van der Waals surface area contributed by atoms with Crippen LogP contribution in [0.4, 0.5) is 5.69 Å². The fraction of sp³-hybridized carbons (Fsp3) is 0.562. The van der Waals surface area contributed by atoms with Gasteiger partial charge in [0.1, 0.15) is 6.07 Å². The van der Waals surface area contributed by atoms with Crippen molar-refractivity contribution in [3.8, 4) is 6.07 Å². The maximum absolute atomic E-state index is 12.0. The van der Waals surface area contributed by atoms with Gasteiger partial charge in [-0.2, -0.15) is 5.26 Å². The van der Waals surface area contributed by atoms with Gasteiger partial charge in [0.05, 0.1) is 5.69 Å². The lowest BCUT2D eigenvalue weighted by atomic mass is 9.94. The van der Waals surface area contributed by atoms with Gasteiger partial charge in [-0.15, -0.1) is 0 Å². The zero-order valence-electron chi connectivity index (χ0n) is 12.9. The molecule has 0 spiro atoms. The van der Waals surface area contributed by atoms with Gasteiger partial charge in [0.2, 0.25) is 5.91 Å². The van der Waals surface area contributed by atoms with Crippen molar-refractivity contribution in [3.05, 3.63) is 24.0 Å². The zero-order valence-corrected chi connectivity index (χ0v) is 12.9. The van der Waals surface area contributed by atoms with Crippen LogP contribution in [0.25, 0.3) is 0 Å². The largest absolute Gasteiger partial charge is 0.369 e. The normalized spacial score (nSPS) is 16.4. The van der Waals surface area contributed by atoms with Crippen molar-refractivity contribution in [3.63, 3.8) is 0 Å². The van der Waals surface area contributed by atoms with Crippen LogP contribution in [-0.4, -0.2) is 30.0 Å². The summed E-state index contributed by atoms with van der Waals surface area (Å²) in [6.45, 7) is 7.43. The molecule has 0 bridgehead atoms. The van der Waals surface area contributed by atoms with E-state index in [4.69, 9.17) is 5.26 Å². The molecule has 0 aliphatic carbocycles. The number of carbonyl (C=O) groups excluding carboxylic acids is 1. The molecule has 1 aliphatic rings. The van der Waals surface area contributed by atoms with Crippen LogP contribution in [0.15, 0.2) is 18.3 Å². The van der Waals surface area contributed by atoms with E-state index in [2.05, 4.69) is 21.3 Å². The van der Waals surface area contributed by atoms with Crippen molar-refractivity contribution in [2.75, 3.05) is 18.0 Å². The number of anilines is 1. The average Bonchev–Trinajstić information content (AvgIpc) is 2.47. The Morgan fingerprint density at radius 1 is 1.43 bits per heavy atom. The van der Waals surface area contributed by atoms with Crippen LogP contribution >= 0.6 is 0 Å². The van der Waals surface area contributed by atoms with Crippen LogP contribution in [0.1, 0.15) is 39.3 Å². The van der Waals surface area contributed by atoms with Gasteiger partial charge in [0.15, 0.2) is 5.69 Å². The summed E-state index contributed by atoms with van der Waals surface area (Å²) >= 11 is 0. The molecule has 5 heteroatoms. The maximum Gasteiger partial charge on any atom is 0.225 e. The number of nitrogens with zero attached hydrogens (tertiary/aromatic N) is 3. The van der Waals surface area contributed by atoms with Crippen molar-refractivity contribution >= 4 is 11.6 Å². The van der Waals surface area contributed by atoms with E-state index in [0.29, 0.717) is 5.69 Å². The van der Waals surface area contributed by atoms with Crippen LogP contribution in [0.5, 0.6) is 0 Å². The first-order chi connectivity index (χ1) is 9.91. The van der Waals surface area contributed by atoms with E-state index >= 15 is 0 Å². The first kappa shape index (κ1) is 15.3. The maximum atomic E-state index is 12.0. The second-order valence-corrected chi connectivity index (χ2v) is 6.47. The molecule has 2 heterocycles. The van der Waals surface area contributed by atoms with E-state index in [0.717, 1.165) is 31.6 Å². The second-order valence-electron chi connectivity index (χ2n) is 6.47. The number of hydrogen-bond acceptors (Lipinski definition) is 4. The van der Waals surface area contributed by atoms with Gasteiger partial charge in [0, 0.05) is 30.7 Å². The minimum atomic E-state index is -0.353. The van der Waals surface area contributed by atoms with E-state index in [9.17, 15) is 4.79 Å². The van der Waals surface area contributed by atoms with E-state index in [-0.39, 0.29) is 17.4 Å². The summed E-state index contributed by atoms with van der Waals surface area (Å²) < 4.78 is 0. The summed E-state index contributed by atoms with van der Waals surface area (Å²) in [6, 6.07) is 6.13. The van der Waals surface area contributed by atoms with Crippen molar-refractivity contribution in [1.29, 1.82) is 5.26 Å². The Hall–Kier alpha value is -2.09. The second kappa shape index (κ2) is 6.13. The van der Waals surface area contributed by atoms with Gasteiger partial charge in [0.25, 0.3) is 0 Å². The van der Waals surface area contributed by atoms with Gasteiger partial charge in [-0.05, 0) is 25.0 Å². The third kappa shape index (κ3) is 3.72. The first-order valence-electron chi connectivity index (χ1n) is 7.33. The van der Waals surface area contributed by atoms with Crippen LogP contribution in [-0.2, 0) is 4.79 Å². The lowest BCUT2D eigenvalue weighted by molar-refractivity contribution is -0.129. The number of rotatable bonds is 2. The highest BCUT2D eigenvalue weighted by Crippen LogP contribution is 2.23. The number of carbonyl (C=O) groups is 1. The third-order valence-corrected chi connectivity index (χ3v) is 3.74. The van der Waals surface area contributed by atoms with Crippen LogP contribution in [0.3, 0.4) is 0 Å². The molecule has 0 saturated carbocycles. The molecular weight excluding hydrogens is 264 g/mol. The number of pyridine rings is 1. The molecule has 2 rings (SSSR count). The minimum Gasteiger partial charge on any atom is -0.369 e. The fourth-order valence-corrected chi connectivity index (χ4v) is 2.40. The molecule has 1 N–H and O–H groups in total. The number of piperidine rings is 1. The summed E-state index contributed by atoms with van der Waals surface area (Å²) in [5.74, 6) is 0.0973. The molecule has 5 nitrogen and oxygen atoms in total. The summed E-state index contributed by atoms with van der Waals surface area (Å²) in [6.07, 6.45) is 3.42. The van der Waals surface area contributed by atoms with Crippen molar-refractivity contribution in [1.82, 2.24) is 10.3 Å². The Morgan fingerprint density at radius 2 is 2.10 bits per heavy atom. The molecular formula is C16H22N4O. The predicted molar refractivity (Wildman–Crippen MR) is 81.8 cm³/mol. The zero-order chi connectivity index (χ0) is 15.5. The Bertz CT molecular complexity index is 548. The molecule has 112 valence electrons. The Kier molecular flexibility index (Phi) is 4.46. The number of aromatic nitrogens is 1. The minimum absolute atomic E-state index is 0.0973. The smallest absolute Gasteiger partial charge is 0.225 e. The van der Waals surface area contributed by atoms with E-state index in [1.807, 2.05) is 32.9 Å². The number of hydrogen-bond donors (Lipinski definition) is 1. The number of amides is 1. The molecule has 1 aromatic heterocycles. The highest BCUT2D eigenvalue weighted by molar-refractivity contribution is 5.81. The summed E-state index contributed by atoms with van der Waals surface area (Å²) in [4.78, 5) is 18.3. The quantitative estimate of drug-likeness (QED) is 0.903. The standard InChI is InChI=1S/C16H22N4O/c1-16(2,3)15(21)19-12-6-9-20(10-7-12)14-5-4-8-18-13(14)11-17/h4-5,8,12H,6-7,9-10H2,1-3H3,(H,19,21). The van der Waals surface area contributed by atoms with Crippen LogP contribution < -0.4 is 10.2 Å². The Morgan fingerprint density at radius 3 is 2.67 bits per heavy atom. The molecule has 1 aromatic rings. The first-order valence-corrected chi connectivity index (χ1v) is 7.33. The van der Waals surface area contributed by atoms with Gasteiger partial charge in [-0.25, -0.2) is 4.98 Å². The average molecular weight is 286 g/mol. The van der Waals surface area contributed by atoms with Crippen molar-refractivity contribution in [2.24, 2.45) is 5.41 Å². The van der Waals surface area contributed by atoms with Crippen molar-refractivity contribution < 1.29 is 4.79 Å². The Balaban J connectivity index is 1.95. The molecule has 0 radical (unpaired) electrons. The summed E-state index contributed by atoms with van der Waals surface area (Å²) in [5.41, 5.74) is 1.00. The molecule has 1 amide bonds. The number of nitrogens with one attached hydrogen (secondary N) is 1. The number of nitriles is 1. The molecule has 0 aromatic carbocycles. The van der Waals surface area contributed by atoms with E-state index < -0.39 is 0 Å². The lowest BCUT2D eigenvalue weighted by Crippen LogP contribution is -2.47. The van der Waals surface area contributed by atoms with E-state index in [1.54, 1.807) is 6.20 Å². The molecule has 21 heavy (non-hydrogen) atoms. The van der Waals surface area contributed by atoms with Gasteiger partial charge >= 0.3 is 0 Å². The van der Waals surface area contributed by atoms with Gasteiger partial charge in [-0.1, -0.05) is 20.8 Å². The fourth-order valence-electron chi connectivity index (χ4n) is 2.40. The highest BCUT2D eigenvalue weighted by atomic mass is 16.2. The molecule has 1 saturated heterocycles. The highest BCUT2D eigenvalue weighted by Gasteiger charge is 2.27. The monoisotopic (exact) mass is 286 g/mol. The topological polar surface area (TPSA) is 69.0 Å². The molecule has 0 unspecified atom stereocenters. The van der Waals surface area contributed by atoms with Crippen LogP contribution in [0, 0.1) is 16.7 Å². The van der Waals surface area contributed by atoms with E-state index in [1.165, 1.54) is 0 Å². The molecule has 0 atom stereocenters. The summed E-state index contributed by atoms with van der Waals surface area (Å²) in [7, 11) is 0. The Labute approximate surface area is 126 Å².